The number of thiophene rings is 3. The molecule has 5 aromatic heterocycles. The number of fused-ring (bicyclic) bond motifs is 2. The van der Waals surface area contributed by atoms with Crippen molar-refractivity contribution < 1.29 is 0 Å². The molecule has 0 atom stereocenters. The molecule has 0 amide bonds. The van der Waals surface area contributed by atoms with Crippen LogP contribution in [0.25, 0.3) is 50.0 Å². The molecular weight excluding hydrogens is 477 g/mol. The molecule has 5 heterocycles. The lowest BCUT2D eigenvalue weighted by Gasteiger charge is -1.91. The Hall–Kier alpha value is -1.90. The van der Waals surface area contributed by atoms with E-state index in [4.69, 9.17) is 9.97 Å². The van der Waals surface area contributed by atoms with E-state index >= 15 is 0 Å². The summed E-state index contributed by atoms with van der Waals surface area (Å²) in [6.07, 6.45) is 0. The van der Waals surface area contributed by atoms with E-state index < -0.39 is 0 Å². The Balaban J connectivity index is 1.42. The van der Waals surface area contributed by atoms with Crippen molar-refractivity contribution in [1.29, 1.82) is 0 Å². The van der Waals surface area contributed by atoms with E-state index in [0.29, 0.717) is 0 Å². The summed E-state index contributed by atoms with van der Waals surface area (Å²) in [6.45, 7) is 8.69. The van der Waals surface area contributed by atoms with Crippen LogP contribution in [-0.4, -0.2) is 9.97 Å². The number of hydrogen-bond donors (Lipinski definition) is 0. The summed E-state index contributed by atoms with van der Waals surface area (Å²) in [5, 5.41) is 2.23. The van der Waals surface area contributed by atoms with E-state index in [1.807, 2.05) is 34.0 Å². The van der Waals surface area contributed by atoms with E-state index in [0.717, 1.165) is 21.0 Å². The van der Waals surface area contributed by atoms with Gasteiger partial charge in [-0.1, -0.05) is 0 Å². The molecule has 0 N–H and O–H groups in total. The van der Waals surface area contributed by atoms with Gasteiger partial charge in [-0.05, 0) is 75.2 Å². The predicted octanol–water partition coefficient (Wildman–Crippen LogP) is 9.33. The van der Waals surface area contributed by atoms with Gasteiger partial charge in [0.05, 0.1) is 30.2 Å². The van der Waals surface area contributed by atoms with Gasteiger partial charge in [-0.25, -0.2) is 9.97 Å². The first kappa shape index (κ1) is 19.8. The van der Waals surface area contributed by atoms with Gasteiger partial charge in [0.2, 0.25) is 0 Å². The predicted molar refractivity (Wildman–Crippen MR) is 142 cm³/mol. The highest BCUT2D eigenvalue weighted by Crippen LogP contribution is 2.44. The standard InChI is InChI=1S/C24H18N2S5/c1-11-7-14(4)28-21(11)23-25-15-9-19-16(10-18(15)30-23)26-24(31-19)22-12(2)8-20(29-22)17-6-5-13(3)27-17/h5-10H,1-4H3. The van der Waals surface area contributed by atoms with Crippen LogP contribution in [0.5, 0.6) is 0 Å². The number of aromatic nitrogens is 2. The number of benzene rings is 1. The van der Waals surface area contributed by atoms with Crippen LogP contribution in [0, 0.1) is 27.7 Å². The summed E-state index contributed by atoms with van der Waals surface area (Å²) in [6, 6.07) is 13.4. The SMILES string of the molecule is Cc1ccc(-c2cc(C)c(-c3nc4cc5sc(-c6sc(C)cc6C)nc5cc4s3)s2)s1. The zero-order valence-corrected chi connectivity index (χ0v) is 21.5. The van der Waals surface area contributed by atoms with E-state index in [1.165, 1.54) is 49.8 Å². The molecule has 1 aromatic carbocycles. The van der Waals surface area contributed by atoms with Crippen LogP contribution in [0.15, 0.2) is 36.4 Å². The van der Waals surface area contributed by atoms with Gasteiger partial charge < -0.3 is 0 Å². The highest BCUT2D eigenvalue weighted by atomic mass is 32.1. The minimum absolute atomic E-state index is 1.07. The minimum Gasteiger partial charge on any atom is -0.235 e. The van der Waals surface area contributed by atoms with Gasteiger partial charge in [-0.3, -0.25) is 0 Å². The monoisotopic (exact) mass is 494 g/mol. The second kappa shape index (κ2) is 7.32. The van der Waals surface area contributed by atoms with Crippen LogP contribution < -0.4 is 0 Å². The van der Waals surface area contributed by atoms with Crippen molar-refractivity contribution in [2.45, 2.75) is 27.7 Å². The summed E-state index contributed by atoms with van der Waals surface area (Å²) < 4.78 is 2.42. The fraction of sp³-hybridized carbons (Fsp3) is 0.167. The average molecular weight is 495 g/mol. The van der Waals surface area contributed by atoms with Gasteiger partial charge in [-0.15, -0.1) is 56.7 Å². The Kier molecular flexibility index (Phi) is 4.67. The topological polar surface area (TPSA) is 25.8 Å². The summed E-state index contributed by atoms with van der Waals surface area (Å²) in [7, 11) is 0. The van der Waals surface area contributed by atoms with Gasteiger partial charge in [-0.2, -0.15) is 0 Å². The van der Waals surface area contributed by atoms with Crippen LogP contribution in [0.3, 0.4) is 0 Å². The van der Waals surface area contributed by atoms with Crippen molar-refractivity contribution in [1.82, 2.24) is 9.97 Å². The molecule has 0 aliphatic carbocycles. The van der Waals surface area contributed by atoms with Crippen molar-refractivity contribution in [3.05, 3.63) is 57.3 Å². The Labute approximate surface area is 200 Å². The summed E-state index contributed by atoms with van der Waals surface area (Å²) >= 11 is 9.08. The molecule has 0 fully saturated rings. The lowest BCUT2D eigenvalue weighted by molar-refractivity contribution is 1.45. The van der Waals surface area contributed by atoms with Crippen LogP contribution in [0.4, 0.5) is 0 Å². The highest BCUT2D eigenvalue weighted by molar-refractivity contribution is 7.28. The molecule has 0 aliphatic rings. The molecule has 0 aliphatic heterocycles. The summed E-state index contributed by atoms with van der Waals surface area (Å²) in [5.74, 6) is 0. The maximum absolute atomic E-state index is 5.02. The van der Waals surface area contributed by atoms with Gasteiger partial charge in [0.1, 0.15) is 10.0 Å². The average Bonchev–Trinajstić information content (AvgIpc) is 3.50. The fourth-order valence-electron chi connectivity index (χ4n) is 3.78. The van der Waals surface area contributed by atoms with E-state index in [9.17, 15) is 0 Å². The number of nitrogens with zero attached hydrogens (tertiary/aromatic N) is 2. The number of hydrogen-bond acceptors (Lipinski definition) is 7. The molecule has 6 rings (SSSR count). The Morgan fingerprint density at radius 3 is 1.71 bits per heavy atom. The van der Waals surface area contributed by atoms with Crippen molar-refractivity contribution in [3.8, 4) is 29.5 Å². The first-order valence-electron chi connectivity index (χ1n) is 9.91. The summed E-state index contributed by atoms with van der Waals surface area (Å²) in [4.78, 5) is 17.9. The lowest BCUT2D eigenvalue weighted by Crippen LogP contribution is -1.74. The quantitative estimate of drug-likeness (QED) is 0.245. The van der Waals surface area contributed by atoms with Crippen LogP contribution in [-0.2, 0) is 0 Å². The van der Waals surface area contributed by atoms with E-state index in [2.05, 4.69) is 64.1 Å². The molecule has 0 saturated heterocycles. The second-order valence-electron chi connectivity index (χ2n) is 7.73. The Bertz CT molecular complexity index is 1540. The zero-order valence-electron chi connectivity index (χ0n) is 17.4. The molecule has 2 nitrogen and oxygen atoms in total. The number of aryl methyl sites for hydroxylation is 4. The van der Waals surface area contributed by atoms with Crippen LogP contribution >= 0.6 is 56.7 Å². The maximum atomic E-state index is 5.02. The van der Waals surface area contributed by atoms with Gasteiger partial charge >= 0.3 is 0 Å². The molecular formula is C24H18N2S5. The molecule has 0 saturated carbocycles. The molecule has 0 unspecified atom stereocenters. The molecule has 31 heavy (non-hydrogen) atoms. The minimum atomic E-state index is 1.07. The first-order chi connectivity index (χ1) is 14.9. The van der Waals surface area contributed by atoms with Crippen LogP contribution in [0.2, 0.25) is 0 Å². The Morgan fingerprint density at radius 1 is 0.548 bits per heavy atom. The molecule has 0 radical (unpaired) electrons. The van der Waals surface area contributed by atoms with E-state index in [1.54, 1.807) is 22.7 Å². The number of rotatable bonds is 3. The largest absolute Gasteiger partial charge is 0.235 e. The van der Waals surface area contributed by atoms with Crippen molar-refractivity contribution in [2.75, 3.05) is 0 Å². The lowest BCUT2D eigenvalue weighted by atomic mass is 10.2. The molecule has 0 bridgehead atoms. The molecule has 0 spiro atoms. The van der Waals surface area contributed by atoms with Crippen LogP contribution in [0.1, 0.15) is 20.9 Å². The second-order valence-corrected chi connectivity index (χ2v) is 13.4. The maximum Gasteiger partial charge on any atom is 0.134 e. The third-order valence-corrected chi connectivity index (χ3v) is 11.2. The fourth-order valence-corrected chi connectivity index (χ4v) is 9.17. The first-order valence-corrected chi connectivity index (χ1v) is 14.0. The molecule has 7 heteroatoms. The highest BCUT2D eigenvalue weighted by Gasteiger charge is 2.17. The van der Waals surface area contributed by atoms with Crippen molar-refractivity contribution in [3.63, 3.8) is 0 Å². The zero-order chi connectivity index (χ0) is 21.3. The smallest absolute Gasteiger partial charge is 0.134 e. The number of thiazole rings is 2. The van der Waals surface area contributed by atoms with Gasteiger partial charge in [0, 0.05) is 19.5 Å². The molecule has 154 valence electrons. The van der Waals surface area contributed by atoms with E-state index in [-0.39, 0.29) is 0 Å². The third kappa shape index (κ3) is 3.39. The Morgan fingerprint density at radius 2 is 1.16 bits per heavy atom. The normalized spacial score (nSPS) is 11.9. The van der Waals surface area contributed by atoms with Gasteiger partial charge in [0.15, 0.2) is 0 Å². The van der Waals surface area contributed by atoms with Crippen molar-refractivity contribution in [2.24, 2.45) is 0 Å². The van der Waals surface area contributed by atoms with Gasteiger partial charge in [0.25, 0.3) is 0 Å². The molecule has 6 aromatic rings. The summed E-state index contributed by atoms with van der Waals surface area (Å²) in [5.41, 5.74) is 4.76. The third-order valence-electron chi connectivity index (χ3n) is 5.23. The van der Waals surface area contributed by atoms with Crippen molar-refractivity contribution >= 4 is 77.1 Å².